The first-order valence-corrected chi connectivity index (χ1v) is 7.69. The minimum absolute atomic E-state index is 0.154. The zero-order valence-electron chi connectivity index (χ0n) is 12.4. The van der Waals surface area contributed by atoms with Gasteiger partial charge < -0.3 is 15.4 Å². The predicted octanol–water partition coefficient (Wildman–Crippen LogP) is 3.67. The van der Waals surface area contributed by atoms with Crippen molar-refractivity contribution in [2.75, 3.05) is 19.0 Å². The van der Waals surface area contributed by atoms with E-state index in [1.54, 1.807) is 0 Å². The summed E-state index contributed by atoms with van der Waals surface area (Å²) >= 11 is 11.1. The van der Waals surface area contributed by atoms with E-state index in [1.165, 1.54) is 7.11 Å². The van der Waals surface area contributed by atoms with Crippen LogP contribution >= 0.6 is 23.8 Å². The first-order chi connectivity index (χ1) is 10.0. The second-order valence-electron chi connectivity index (χ2n) is 4.73. The van der Waals surface area contributed by atoms with Crippen molar-refractivity contribution in [3.8, 4) is 0 Å². The number of methoxy groups -OCH3 is 1. The molecule has 0 aliphatic rings. The molecule has 0 fully saturated rings. The van der Waals surface area contributed by atoms with E-state index in [-0.39, 0.29) is 5.97 Å². The number of rotatable bonds is 7. The summed E-state index contributed by atoms with van der Waals surface area (Å²) in [4.78, 5) is 10.9. The average molecular weight is 329 g/mol. The van der Waals surface area contributed by atoms with Crippen LogP contribution in [-0.4, -0.2) is 24.7 Å². The lowest BCUT2D eigenvalue weighted by atomic mass is 10.2. The number of aryl methyl sites for hydroxylation is 1. The molecule has 0 aliphatic carbocycles. The molecule has 2 N–H and O–H groups in total. The second-order valence-corrected chi connectivity index (χ2v) is 5.57. The largest absolute Gasteiger partial charge is 0.469 e. The van der Waals surface area contributed by atoms with Crippen molar-refractivity contribution in [2.24, 2.45) is 0 Å². The topological polar surface area (TPSA) is 50.4 Å². The van der Waals surface area contributed by atoms with Crippen molar-refractivity contribution >= 4 is 40.6 Å². The van der Waals surface area contributed by atoms with Gasteiger partial charge >= 0.3 is 5.97 Å². The predicted molar refractivity (Wildman–Crippen MR) is 90.9 cm³/mol. The van der Waals surface area contributed by atoms with Crippen molar-refractivity contribution < 1.29 is 9.53 Å². The van der Waals surface area contributed by atoms with Crippen LogP contribution in [0.3, 0.4) is 0 Å². The van der Waals surface area contributed by atoms with E-state index in [9.17, 15) is 4.79 Å². The Kier molecular flexibility index (Phi) is 8.08. The molecule has 1 aromatic rings. The Morgan fingerprint density at radius 1 is 1.33 bits per heavy atom. The highest BCUT2D eigenvalue weighted by molar-refractivity contribution is 7.80. The number of halogens is 1. The van der Waals surface area contributed by atoms with Crippen molar-refractivity contribution in [2.45, 2.75) is 32.6 Å². The lowest BCUT2D eigenvalue weighted by Crippen LogP contribution is -2.29. The van der Waals surface area contributed by atoms with Crippen LogP contribution in [0.4, 0.5) is 5.69 Å². The van der Waals surface area contributed by atoms with Gasteiger partial charge in [0.15, 0.2) is 5.11 Å². The molecule has 0 atom stereocenters. The lowest BCUT2D eigenvalue weighted by molar-refractivity contribution is -0.140. The molecule has 0 spiro atoms. The lowest BCUT2D eigenvalue weighted by Gasteiger charge is -2.12. The van der Waals surface area contributed by atoms with E-state index in [0.29, 0.717) is 16.6 Å². The number of thiocarbonyl (C=S) groups is 1. The molecule has 4 nitrogen and oxygen atoms in total. The zero-order valence-corrected chi connectivity index (χ0v) is 13.9. The molecule has 0 unspecified atom stereocenters. The summed E-state index contributed by atoms with van der Waals surface area (Å²) in [6.45, 7) is 2.75. The number of carbonyl (C=O) groups excluding carboxylic acids is 1. The molecule has 0 saturated carbocycles. The van der Waals surface area contributed by atoms with Crippen molar-refractivity contribution in [1.29, 1.82) is 0 Å². The monoisotopic (exact) mass is 328 g/mol. The maximum absolute atomic E-state index is 10.9. The van der Waals surface area contributed by atoms with E-state index in [4.69, 9.17) is 23.8 Å². The Morgan fingerprint density at radius 2 is 2.10 bits per heavy atom. The molecule has 0 radical (unpaired) electrons. The number of carbonyl (C=O) groups is 1. The van der Waals surface area contributed by atoms with Crippen molar-refractivity contribution in [1.82, 2.24) is 5.32 Å². The molecule has 0 amide bonds. The van der Waals surface area contributed by atoms with Gasteiger partial charge in [0.2, 0.25) is 0 Å². The summed E-state index contributed by atoms with van der Waals surface area (Å²) < 4.78 is 4.59. The molecular formula is C15H21ClN2O2S. The molecule has 0 bridgehead atoms. The molecule has 1 rings (SSSR count). The van der Waals surface area contributed by atoms with E-state index in [1.807, 2.05) is 25.1 Å². The fourth-order valence-electron chi connectivity index (χ4n) is 1.81. The van der Waals surface area contributed by atoms with Gasteiger partial charge in [-0.3, -0.25) is 4.79 Å². The number of hydrogen-bond donors (Lipinski definition) is 2. The van der Waals surface area contributed by atoms with Crippen LogP contribution in [0.1, 0.15) is 31.2 Å². The van der Waals surface area contributed by atoms with Crippen LogP contribution in [-0.2, 0) is 9.53 Å². The van der Waals surface area contributed by atoms with Gasteiger partial charge in [-0.2, -0.15) is 0 Å². The van der Waals surface area contributed by atoms with Crippen LogP contribution in [0.2, 0.25) is 5.02 Å². The summed E-state index contributed by atoms with van der Waals surface area (Å²) in [7, 11) is 1.41. The molecule has 0 aliphatic heterocycles. The van der Waals surface area contributed by atoms with Gasteiger partial charge in [0.1, 0.15) is 0 Å². The number of ether oxygens (including phenoxy) is 1. The maximum atomic E-state index is 10.9. The third-order valence-corrected chi connectivity index (χ3v) is 3.49. The molecular weight excluding hydrogens is 308 g/mol. The second kappa shape index (κ2) is 9.58. The fraction of sp³-hybridized carbons (Fsp3) is 0.467. The molecule has 21 heavy (non-hydrogen) atoms. The smallest absolute Gasteiger partial charge is 0.305 e. The van der Waals surface area contributed by atoms with Gasteiger partial charge in [-0.25, -0.2) is 0 Å². The number of esters is 1. The standard InChI is InChI=1S/C15H21ClN2O2S/c1-11-10-12(16)7-8-13(11)18-15(21)17-9-5-3-4-6-14(19)20-2/h7-8,10H,3-6,9H2,1-2H3,(H2,17,18,21). The van der Waals surface area contributed by atoms with Gasteiger partial charge in [-0.15, -0.1) is 0 Å². The first kappa shape index (κ1) is 17.7. The highest BCUT2D eigenvalue weighted by Gasteiger charge is 2.02. The van der Waals surface area contributed by atoms with Gasteiger partial charge in [0.05, 0.1) is 7.11 Å². The minimum Gasteiger partial charge on any atom is -0.469 e. The molecule has 0 saturated heterocycles. The quantitative estimate of drug-likeness (QED) is 0.454. The van der Waals surface area contributed by atoms with Gasteiger partial charge in [-0.1, -0.05) is 18.0 Å². The Morgan fingerprint density at radius 3 is 2.76 bits per heavy atom. The highest BCUT2D eigenvalue weighted by Crippen LogP contribution is 2.19. The van der Waals surface area contributed by atoms with E-state index in [2.05, 4.69) is 15.4 Å². The number of hydrogen-bond acceptors (Lipinski definition) is 3. The van der Waals surface area contributed by atoms with Crippen LogP contribution in [0.25, 0.3) is 0 Å². The molecule has 6 heteroatoms. The Labute approximate surface area is 136 Å². The average Bonchev–Trinajstić information content (AvgIpc) is 2.45. The number of anilines is 1. The van der Waals surface area contributed by atoms with Crippen molar-refractivity contribution in [3.63, 3.8) is 0 Å². The normalized spacial score (nSPS) is 10.0. The summed E-state index contributed by atoms with van der Waals surface area (Å²) in [5, 5.41) is 7.59. The summed E-state index contributed by atoms with van der Waals surface area (Å²) in [5.41, 5.74) is 1.99. The van der Waals surface area contributed by atoms with E-state index in [0.717, 1.165) is 37.1 Å². The Balaban J connectivity index is 2.18. The number of nitrogens with one attached hydrogen (secondary N) is 2. The number of benzene rings is 1. The van der Waals surface area contributed by atoms with E-state index < -0.39 is 0 Å². The van der Waals surface area contributed by atoms with Gasteiger partial charge in [-0.05, 0) is 55.7 Å². The van der Waals surface area contributed by atoms with E-state index >= 15 is 0 Å². The molecule has 0 aromatic heterocycles. The third-order valence-electron chi connectivity index (χ3n) is 3.01. The van der Waals surface area contributed by atoms with Crippen LogP contribution in [0.5, 0.6) is 0 Å². The Hall–Kier alpha value is -1.33. The van der Waals surface area contributed by atoms with Crippen LogP contribution in [0, 0.1) is 6.92 Å². The Bertz CT molecular complexity index is 495. The summed E-state index contributed by atoms with van der Waals surface area (Å²) in [5.74, 6) is -0.154. The third kappa shape index (κ3) is 7.29. The SMILES string of the molecule is COC(=O)CCCCCNC(=S)Nc1ccc(Cl)cc1C. The highest BCUT2D eigenvalue weighted by atomic mass is 35.5. The molecule has 116 valence electrons. The van der Waals surface area contributed by atoms with Gasteiger partial charge in [0, 0.05) is 23.7 Å². The number of unbranched alkanes of at least 4 members (excludes halogenated alkanes) is 2. The first-order valence-electron chi connectivity index (χ1n) is 6.90. The van der Waals surface area contributed by atoms with Crippen LogP contribution in [0.15, 0.2) is 18.2 Å². The summed E-state index contributed by atoms with van der Waals surface area (Å²) in [6.07, 6.45) is 3.23. The minimum atomic E-state index is -0.154. The summed E-state index contributed by atoms with van der Waals surface area (Å²) in [6, 6.07) is 5.62. The van der Waals surface area contributed by atoms with Gasteiger partial charge in [0.25, 0.3) is 0 Å². The molecule has 1 aromatic carbocycles. The van der Waals surface area contributed by atoms with Crippen molar-refractivity contribution in [3.05, 3.63) is 28.8 Å². The zero-order chi connectivity index (χ0) is 15.7. The van der Waals surface area contributed by atoms with Crippen LogP contribution < -0.4 is 10.6 Å². The molecule has 0 heterocycles. The maximum Gasteiger partial charge on any atom is 0.305 e. The fourth-order valence-corrected chi connectivity index (χ4v) is 2.25.